The van der Waals surface area contributed by atoms with E-state index in [0.29, 0.717) is 6.07 Å². The number of hydrogen-bond donors (Lipinski definition) is 3. The smallest absolute Gasteiger partial charge is 0.317 e. The summed E-state index contributed by atoms with van der Waals surface area (Å²) < 4.78 is 0. The maximum atomic E-state index is 10.5. The van der Waals surface area contributed by atoms with Crippen LogP contribution in [0.1, 0.15) is 0 Å². The van der Waals surface area contributed by atoms with Gasteiger partial charge in [-0.3, -0.25) is 26.1 Å². The molecule has 0 radical (unpaired) electrons. The van der Waals surface area contributed by atoms with Crippen LogP contribution in [0.3, 0.4) is 0 Å². The fourth-order valence-electron chi connectivity index (χ4n) is 0.979. The molecule has 1 rings (SSSR count). The molecular formula is C6H6N4O5. The highest BCUT2D eigenvalue weighted by Gasteiger charge is 2.23. The van der Waals surface area contributed by atoms with Crippen LogP contribution in [-0.2, 0) is 0 Å². The second-order valence-corrected chi connectivity index (χ2v) is 2.52. The van der Waals surface area contributed by atoms with E-state index in [4.69, 9.17) is 10.9 Å². The van der Waals surface area contributed by atoms with Gasteiger partial charge >= 0.3 is 11.4 Å². The van der Waals surface area contributed by atoms with Gasteiger partial charge in [-0.2, -0.15) is 0 Å². The van der Waals surface area contributed by atoms with Crippen molar-refractivity contribution in [2.45, 2.75) is 0 Å². The first-order chi connectivity index (χ1) is 6.97. The van der Waals surface area contributed by atoms with Crippen LogP contribution in [0.4, 0.5) is 17.1 Å². The molecule has 1 aromatic rings. The van der Waals surface area contributed by atoms with E-state index < -0.39 is 27.0 Å². The number of phenolic OH excluding ortho intramolecular Hbond substituents is 1. The number of phenols is 1. The summed E-state index contributed by atoms with van der Waals surface area (Å²) in [6, 6.07) is 1.45. The number of nitrogens with one attached hydrogen (secondary N) is 1. The summed E-state index contributed by atoms with van der Waals surface area (Å²) in [4.78, 5) is 19.1. The van der Waals surface area contributed by atoms with E-state index in [9.17, 15) is 20.2 Å². The molecule has 0 heterocycles. The van der Waals surface area contributed by atoms with Crippen LogP contribution in [0.2, 0.25) is 0 Å². The molecule has 0 spiro atoms. The lowest BCUT2D eigenvalue weighted by molar-refractivity contribution is -0.394. The highest BCUT2D eigenvalue weighted by molar-refractivity contribution is 5.69. The molecule has 0 bridgehead atoms. The van der Waals surface area contributed by atoms with Crippen molar-refractivity contribution in [2.75, 3.05) is 5.43 Å². The van der Waals surface area contributed by atoms with Gasteiger partial charge in [-0.05, 0) is 0 Å². The van der Waals surface area contributed by atoms with Crippen LogP contribution in [0.15, 0.2) is 12.1 Å². The summed E-state index contributed by atoms with van der Waals surface area (Å²) in [5.74, 6) is 4.25. The molecule has 9 nitrogen and oxygen atoms in total. The van der Waals surface area contributed by atoms with E-state index in [1.165, 1.54) is 0 Å². The Balaban J connectivity index is 3.43. The summed E-state index contributed by atoms with van der Waals surface area (Å²) in [5, 5.41) is 30.0. The SMILES string of the molecule is NNc1cc(O)c([N+](=O)[O-])cc1[N+](=O)[O-]. The predicted molar refractivity (Wildman–Crippen MR) is 49.2 cm³/mol. The van der Waals surface area contributed by atoms with Crippen LogP contribution in [-0.4, -0.2) is 15.0 Å². The quantitative estimate of drug-likeness (QED) is 0.377. The number of nitrogen functional groups attached to an aromatic ring is 1. The Morgan fingerprint density at radius 2 is 1.73 bits per heavy atom. The van der Waals surface area contributed by atoms with Crippen LogP contribution < -0.4 is 11.3 Å². The fraction of sp³-hybridized carbons (Fsp3) is 0. The summed E-state index contributed by atoms with van der Waals surface area (Å²) in [5.41, 5.74) is 0.423. The first-order valence-corrected chi connectivity index (χ1v) is 3.59. The number of aromatic hydroxyl groups is 1. The number of benzene rings is 1. The molecule has 0 unspecified atom stereocenters. The van der Waals surface area contributed by atoms with E-state index in [1.807, 2.05) is 5.43 Å². The summed E-state index contributed by atoms with van der Waals surface area (Å²) in [7, 11) is 0. The number of anilines is 1. The second kappa shape index (κ2) is 3.75. The second-order valence-electron chi connectivity index (χ2n) is 2.52. The van der Waals surface area contributed by atoms with Gasteiger partial charge in [-0.25, -0.2) is 0 Å². The van der Waals surface area contributed by atoms with Gasteiger partial charge in [0.15, 0.2) is 5.75 Å². The number of nitro groups is 2. The van der Waals surface area contributed by atoms with E-state index in [-0.39, 0.29) is 5.69 Å². The van der Waals surface area contributed by atoms with E-state index in [1.54, 1.807) is 0 Å². The molecule has 0 fully saturated rings. The van der Waals surface area contributed by atoms with E-state index in [0.717, 1.165) is 6.07 Å². The molecule has 0 amide bonds. The first-order valence-electron chi connectivity index (χ1n) is 3.59. The average molecular weight is 214 g/mol. The van der Waals surface area contributed by atoms with Crippen LogP contribution >= 0.6 is 0 Å². The molecule has 80 valence electrons. The summed E-state index contributed by atoms with van der Waals surface area (Å²) in [6.45, 7) is 0. The lowest BCUT2D eigenvalue weighted by Crippen LogP contribution is -2.09. The van der Waals surface area contributed by atoms with Crippen LogP contribution in [0.5, 0.6) is 5.75 Å². The van der Waals surface area contributed by atoms with Crippen molar-refractivity contribution in [1.82, 2.24) is 0 Å². The average Bonchev–Trinajstić information content (AvgIpc) is 2.16. The largest absolute Gasteiger partial charge is 0.502 e. The van der Waals surface area contributed by atoms with Crippen molar-refractivity contribution in [2.24, 2.45) is 5.84 Å². The molecule has 9 heteroatoms. The van der Waals surface area contributed by atoms with Gasteiger partial charge in [0.25, 0.3) is 0 Å². The highest BCUT2D eigenvalue weighted by atomic mass is 16.6. The molecule has 0 saturated carbocycles. The number of hydrogen-bond acceptors (Lipinski definition) is 7. The molecule has 0 aromatic heterocycles. The topological polar surface area (TPSA) is 145 Å². The minimum Gasteiger partial charge on any atom is -0.502 e. The molecule has 0 aliphatic carbocycles. The number of nitro benzene ring substituents is 2. The minimum atomic E-state index is -0.928. The third kappa shape index (κ3) is 1.91. The Kier molecular flexibility index (Phi) is 2.67. The molecule has 0 aliphatic rings. The first kappa shape index (κ1) is 10.7. The Morgan fingerprint density at radius 1 is 1.20 bits per heavy atom. The third-order valence-corrected chi connectivity index (χ3v) is 1.64. The lowest BCUT2D eigenvalue weighted by atomic mass is 10.2. The molecule has 0 saturated heterocycles. The zero-order valence-corrected chi connectivity index (χ0v) is 7.21. The monoisotopic (exact) mass is 214 g/mol. The highest BCUT2D eigenvalue weighted by Crippen LogP contribution is 2.35. The van der Waals surface area contributed by atoms with E-state index >= 15 is 0 Å². The van der Waals surface area contributed by atoms with Crippen molar-refractivity contribution in [3.05, 3.63) is 32.4 Å². The van der Waals surface area contributed by atoms with Gasteiger partial charge < -0.3 is 10.5 Å². The Bertz CT molecular complexity index is 432. The summed E-state index contributed by atoms with van der Waals surface area (Å²) >= 11 is 0. The van der Waals surface area contributed by atoms with Gasteiger partial charge in [0.2, 0.25) is 0 Å². The Hall–Kier alpha value is -2.42. The minimum absolute atomic E-state index is 0.205. The molecular weight excluding hydrogens is 208 g/mol. The molecule has 4 N–H and O–H groups in total. The Labute approximate surface area is 82.4 Å². The molecule has 1 aromatic carbocycles. The third-order valence-electron chi connectivity index (χ3n) is 1.64. The van der Waals surface area contributed by atoms with Crippen molar-refractivity contribution < 1.29 is 15.0 Å². The van der Waals surface area contributed by atoms with Crippen LogP contribution in [0, 0.1) is 20.2 Å². The zero-order chi connectivity index (χ0) is 11.6. The van der Waals surface area contributed by atoms with Gasteiger partial charge in [0, 0.05) is 6.07 Å². The number of hydrazine groups is 1. The van der Waals surface area contributed by atoms with Crippen molar-refractivity contribution in [3.8, 4) is 5.75 Å². The van der Waals surface area contributed by atoms with Crippen molar-refractivity contribution >= 4 is 17.1 Å². The van der Waals surface area contributed by atoms with Crippen molar-refractivity contribution in [1.29, 1.82) is 0 Å². The normalized spacial score (nSPS) is 9.67. The fourth-order valence-corrected chi connectivity index (χ4v) is 0.979. The van der Waals surface area contributed by atoms with Crippen LogP contribution in [0.25, 0.3) is 0 Å². The standard InChI is InChI=1S/C6H6N4O5/c7-8-3-1-6(11)5(10(14)15)2-4(3)9(12)13/h1-2,8,11H,7H2. The van der Waals surface area contributed by atoms with Gasteiger partial charge in [0.1, 0.15) is 11.8 Å². The maximum absolute atomic E-state index is 10.5. The van der Waals surface area contributed by atoms with E-state index in [2.05, 4.69) is 0 Å². The van der Waals surface area contributed by atoms with Gasteiger partial charge in [0.05, 0.1) is 9.85 Å². The van der Waals surface area contributed by atoms with Gasteiger partial charge in [-0.1, -0.05) is 0 Å². The number of nitrogens with zero attached hydrogens (tertiary/aromatic N) is 2. The molecule has 0 atom stereocenters. The number of rotatable bonds is 3. The van der Waals surface area contributed by atoms with Gasteiger partial charge in [-0.15, -0.1) is 0 Å². The number of nitrogens with two attached hydrogens (primary N) is 1. The zero-order valence-electron chi connectivity index (χ0n) is 7.21. The molecule has 15 heavy (non-hydrogen) atoms. The Morgan fingerprint density at radius 3 is 2.13 bits per heavy atom. The lowest BCUT2D eigenvalue weighted by Gasteiger charge is -2.02. The molecule has 0 aliphatic heterocycles. The maximum Gasteiger partial charge on any atom is 0.317 e. The predicted octanol–water partition coefficient (Wildman–Crippen LogP) is 0.494. The summed E-state index contributed by atoms with van der Waals surface area (Å²) in [6.07, 6.45) is 0. The van der Waals surface area contributed by atoms with Crippen molar-refractivity contribution in [3.63, 3.8) is 0 Å².